The van der Waals surface area contributed by atoms with Crippen LogP contribution in [0.1, 0.15) is 13.3 Å². The number of amides is 1. The van der Waals surface area contributed by atoms with Gasteiger partial charge in [-0.25, -0.2) is 14.8 Å². The van der Waals surface area contributed by atoms with Gasteiger partial charge in [0.1, 0.15) is 18.8 Å². The Kier molecular flexibility index (Phi) is 5.56. The zero-order chi connectivity index (χ0) is 12.5. The molecule has 0 aromatic carbocycles. The van der Waals surface area contributed by atoms with E-state index in [1.165, 1.54) is 6.33 Å². The first-order valence-electron chi connectivity index (χ1n) is 5.33. The van der Waals surface area contributed by atoms with Gasteiger partial charge < -0.3 is 20.5 Å². The topological polar surface area (TPSA) is 99.4 Å². The van der Waals surface area contributed by atoms with Crippen molar-refractivity contribution < 1.29 is 14.3 Å². The Morgan fingerprint density at radius 1 is 1.47 bits per heavy atom. The van der Waals surface area contributed by atoms with Crippen molar-refractivity contribution in [1.82, 2.24) is 9.97 Å². The number of carbonyl (C=O) groups excluding carboxylic acids is 1. The van der Waals surface area contributed by atoms with Gasteiger partial charge in [-0.2, -0.15) is 0 Å². The molecule has 1 amide bonds. The molecule has 0 radical (unpaired) electrons. The Balaban J connectivity index is 2.34. The van der Waals surface area contributed by atoms with Gasteiger partial charge in [0.15, 0.2) is 0 Å². The average molecular weight is 240 g/mol. The first kappa shape index (κ1) is 13.0. The van der Waals surface area contributed by atoms with Crippen molar-refractivity contribution in [3.63, 3.8) is 0 Å². The van der Waals surface area contributed by atoms with Crippen molar-refractivity contribution in [2.24, 2.45) is 5.73 Å². The molecule has 0 saturated carbocycles. The Morgan fingerprint density at radius 2 is 2.29 bits per heavy atom. The molecule has 3 N–H and O–H groups in total. The average Bonchev–Trinajstić information content (AvgIpc) is 2.32. The Hall–Kier alpha value is -2.05. The summed E-state index contributed by atoms with van der Waals surface area (Å²) in [6.07, 6.45) is 1.53. The van der Waals surface area contributed by atoms with Gasteiger partial charge in [0.2, 0.25) is 5.88 Å². The van der Waals surface area contributed by atoms with E-state index in [1.54, 1.807) is 6.07 Å². The highest BCUT2D eigenvalue weighted by atomic mass is 16.5. The van der Waals surface area contributed by atoms with Crippen LogP contribution < -0.4 is 15.8 Å². The Labute approximate surface area is 99.3 Å². The molecule has 7 heteroatoms. The van der Waals surface area contributed by atoms with Crippen LogP contribution in [-0.2, 0) is 4.74 Å². The number of primary amides is 1. The van der Waals surface area contributed by atoms with Crippen LogP contribution in [0.2, 0.25) is 0 Å². The number of hydrogen-bond donors (Lipinski definition) is 2. The van der Waals surface area contributed by atoms with E-state index < -0.39 is 6.09 Å². The minimum atomic E-state index is -0.790. The van der Waals surface area contributed by atoms with E-state index in [1.807, 2.05) is 6.92 Å². The van der Waals surface area contributed by atoms with Gasteiger partial charge in [-0.05, 0) is 6.42 Å². The number of ether oxygens (including phenoxy) is 2. The second kappa shape index (κ2) is 7.26. The van der Waals surface area contributed by atoms with Crippen LogP contribution >= 0.6 is 0 Å². The molecule has 0 atom stereocenters. The minimum absolute atomic E-state index is 0.185. The van der Waals surface area contributed by atoms with E-state index in [9.17, 15) is 4.79 Å². The number of nitrogens with one attached hydrogen (secondary N) is 1. The summed E-state index contributed by atoms with van der Waals surface area (Å²) < 4.78 is 9.90. The van der Waals surface area contributed by atoms with Crippen LogP contribution in [0.5, 0.6) is 5.88 Å². The van der Waals surface area contributed by atoms with Gasteiger partial charge >= 0.3 is 6.09 Å². The summed E-state index contributed by atoms with van der Waals surface area (Å²) >= 11 is 0. The third-order valence-electron chi connectivity index (χ3n) is 1.75. The van der Waals surface area contributed by atoms with Gasteiger partial charge in [-0.15, -0.1) is 0 Å². The van der Waals surface area contributed by atoms with Crippen molar-refractivity contribution in [3.8, 4) is 5.88 Å². The van der Waals surface area contributed by atoms with Crippen molar-refractivity contribution in [2.75, 3.05) is 25.1 Å². The molecule has 17 heavy (non-hydrogen) atoms. The number of hydrogen-bond acceptors (Lipinski definition) is 6. The molecule has 0 spiro atoms. The first-order valence-corrected chi connectivity index (χ1v) is 5.33. The van der Waals surface area contributed by atoms with Crippen molar-refractivity contribution >= 4 is 11.9 Å². The first-order chi connectivity index (χ1) is 8.22. The van der Waals surface area contributed by atoms with Gasteiger partial charge in [0, 0.05) is 6.07 Å². The molecule has 0 bridgehead atoms. The fourth-order valence-corrected chi connectivity index (χ4v) is 1.05. The lowest BCUT2D eigenvalue weighted by molar-refractivity contribution is 0.161. The lowest BCUT2D eigenvalue weighted by Gasteiger charge is -2.07. The van der Waals surface area contributed by atoms with Crippen LogP contribution in [0.15, 0.2) is 12.4 Å². The highest BCUT2D eigenvalue weighted by molar-refractivity contribution is 5.64. The summed E-state index contributed by atoms with van der Waals surface area (Å²) in [7, 11) is 0. The highest BCUT2D eigenvalue weighted by Gasteiger charge is 1.99. The minimum Gasteiger partial charge on any atom is -0.478 e. The lowest BCUT2D eigenvalue weighted by Crippen LogP contribution is -2.18. The largest absolute Gasteiger partial charge is 0.478 e. The van der Waals surface area contributed by atoms with Gasteiger partial charge in [-0.3, -0.25) is 0 Å². The fourth-order valence-electron chi connectivity index (χ4n) is 1.05. The van der Waals surface area contributed by atoms with Crippen molar-refractivity contribution in [1.29, 1.82) is 0 Å². The summed E-state index contributed by atoms with van der Waals surface area (Å²) in [6, 6.07) is 1.68. The number of carbonyl (C=O) groups is 1. The second-order valence-electron chi connectivity index (χ2n) is 3.18. The molecular formula is C10H16N4O3. The molecule has 1 rings (SSSR count). The maximum Gasteiger partial charge on any atom is 0.404 e. The highest BCUT2D eigenvalue weighted by Crippen LogP contribution is 2.10. The second-order valence-corrected chi connectivity index (χ2v) is 3.18. The maximum absolute atomic E-state index is 10.3. The number of nitrogens with two attached hydrogens (primary N) is 1. The number of rotatable bonds is 7. The monoisotopic (exact) mass is 240 g/mol. The summed E-state index contributed by atoms with van der Waals surface area (Å²) in [5.74, 6) is 1.12. The summed E-state index contributed by atoms with van der Waals surface area (Å²) in [5.41, 5.74) is 4.82. The van der Waals surface area contributed by atoms with Gasteiger partial charge in [0.25, 0.3) is 0 Å². The maximum atomic E-state index is 10.3. The molecule has 1 heterocycles. The van der Waals surface area contributed by atoms with Crippen molar-refractivity contribution in [2.45, 2.75) is 13.3 Å². The zero-order valence-corrected chi connectivity index (χ0v) is 9.68. The summed E-state index contributed by atoms with van der Waals surface area (Å²) in [4.78, 5) is 18.3. The quantitative estimate of drug-likeness (QED) is 0.683. The van der Waals surface area contributed by atoms with E-state index in [0.717, 1.165) is 6.42 Å². The molecule has 0 aliphatic carbocycles. The molecule has 0 saturated heterocycles. The molecule has 0 aliphatic heterocycles. The van der Waals surface area contributed by atoms with E-state index >= 15 is 0 Å². The predicted molar refractivity (Wildman–Crippen MR) is 61.8 cm³/mol. The molecule has 0 fully saturated rings. The van der Waals surface area contributed by atoms with E-state index in [-0.39, 0.29) is 6.61 Å². The molecule has 1 aromatic rings. The molecular weight excluding hydrogens is 224 g/mol. The Bertz CT molecular complexity index is 359. The normalized spacial score (nSPS) is 9.71. The Morgan fingerprint density at radius 3 is 3.00 bits per heavy atom. The molecule has 0 unspecified atom stereocenters. The number of nitrogens with zero attached hydrogens (tertiary/aromatic N) is 2. The number of aromatic nitrogens is 2. The van der Waals surface area contributed by atoms with Crippen LogP contribution in [0.25, 0.3) is 0 Å². The van der Waals surface area contributed by atoms with Crippen molar-refractivity contribution in [3.05, 3.63) is 12.4 Å². The predicted octanol–water partition coefficient (Wildman–Crippen LogP) is 0.773. The van der Waals surface area contributed by atoms with Crippen LogP contribution in [0, 0.1) is 0 Å². The van der Waals surface area contributed by atoms with Crippen LogP contribution in [-0.4, -0.2) is 35.8 Å². The molecule has 7 nitrogen and oxygen atoms in total. The number of anilines is 1. The van der Waals surface area contributed by atoms with E-state index in [2.05, 4.69) is 20.0 Å². The smallest absolute Gasteiger partial charge is 0.404 e. The molecule has 0 aliphatic rings. The SMILES string of the molecule is CCCOc1cc(NCCOC(N)=O)ncn1. The summed E-state index contributed by atoms with van der Waals surface area (Å²) in [5, 5.41) is 2.95. The third kappa shape index (κ3) is 5.55. The van der Waals surface area contributed by atoms with Gasteiger partial charge in [-0.1, -0.05) is 6.92 Å². The fraction of sp³-hybridized carbons (Fsp3) is 0.500. The van der Waals surface area contributed by atoms with Gasteiger partial charge in [0.05, 0.1) is 13.2 Å². The zero-order valence-electron chi connectivity index (χ0n) is 9.68. The van der Waals surface area contributed by atoms with E-state index in [4.69, 9.17) is 10.5 Å². The lowest BCUT2D eigenvalue weighted by atomic mass is 10.5. The summed E-state index contributed by atoms with van der Waals surface area (Å²) in [6.45, 7) is 3.24. The molecule has 1 aromatic heterocycles. The van der Waals surface area contributed by atoms with E-state index in [0.29, 0.717) is 24.8 Å². The van der Waals surface area contributed by atoms with Crippen LogP contribution in [0.3, 0.4) is 0 Å². The standard InChI is InChI=1S/C10H16N4O3/c1-2-4-16-9-6-8(13-7-14-9)12-3-5-17-10(11)15/h6-7H,2-5H2,1H3,(H2,11,15)(H,12,13,14). The van der Waals surface area contributed by atoms with Crippen LogP contribution in [0.4, 0.5) is 10.6 Å². The molecule has 94 valence electrons. The third-order valence-corrected chi connectivity index (χ3v) is 1.75.